The van der Waals surface area contributed by atoms with Crippen molar-refractivity contribution < 1.29 is 8.42 Å². The van der Waals surface area contributed by atoms with E-state index in [0.717, 1.165) is 16.7 Å². The van der Waals surface area contributed by atoms with Gasteiger partial charge in [-0.05, 0) is 47.2 Å². The highest BCUT2D eigenvalue weighted by molar-refractivity contribution is 14.1. The Morgan fingerprint density at radius 1 is 0.969 bits per heavy atom. The predicted molar refractivity (Wildman–Crippen MR) is 131 cm³/mol. The molecule has 0 radical (unpaired) electrons. The van der Waals surface area contributed by atoms with Crippen LogP contribution in [0.2, 0.25) is 0 Å². The molecule has 3 heterocycles. The van der Waals surface area contributed by atoms with E-state index in [1.807, 2.05) is 48.1 Å². The van der Waals surface area contributed by atoms with Crippen LogP contribution in [0.25, 0.3) is 22.4 Å². The van der Waals surface area contributed by atoms with Gasteiger partial charge in [-0.1, -0.05) is 48.0 Å². The molecule has 5 rings (SSSR count). The Bertz CT molecular complexity index is 1520. The standard InChI is InChI=1S/C23H18IN5O2S/c1-16-7-9-19(10-8-16)32(30,31)29-15-20(24)22-23(29)25-12-21(27-22)18-11-26-28(14-18)13-17-5-3-2-4-6-17/h2-12,14-15H,13H2,1H3. The maximum Gasteiger partial charge on any atom is 0.269 e. The molecule has 0 aliphatic carbocycles. The smallest absolute Gasteiger partial charge is 0.268 e. The number of nitrogens with zero attached hydrogens (tertiary/aromatic N) is 5. The van der Waals surface area contributed by atoms with E-state index in [4.69, 9.17) is 4.98 Å². The minimum atomic E-state index is -3.78. The molecular weight excluding hydrogens is 537 g/mol. The largest absolute Gasteiger partial charge is 0.269 e. The zero-order valence-corrected chi connectivity index (χ0v) is 20.0. The minimum Gasteiger partial charge on any atom is -0.268 e. The van der Waals surface area contributed by atoms with Gasteiger partial charge in [0.2, 0.25) is 0 Å². The Morgan fingerprint density at radius 2 is 1.72 bits per heavy atom. The van der Waals surface area contributed by atoms with E-state index in [9.17, 15) is 8.42 Å². The summed E-state index contributed by atoms with van der Waals surface area (Å²) in [5, 5.41) is 4.43. The average molecular weight is 555 g/mol. The average Bonchev–Trinajstić information content (AvgIpc) is 3.39. The summed E-state index contributed by atoms with van der Waals surface area (Å²) in [6, 6.07) is 16.8. The second kappa shape index (κ2) is 8.14. The molecule has 0 spiro atoms. The van der Waals surface area contributed by atoms with Crippen LogP contribution in [0.3, 0.4) is 0 Å². The molecule has 0 fully saturated rings. The molecule has 9 heteroatoms. The van der Waals surface area contributed by atoms with E-state index in [1.165, 1.54) is 3.97 Å². The Balaban J connectivity index is 1.51. The lowest BCUT2D eigenvalue weighted by atomic mass is 10.2. The number of rotatable bonds is 5. The Labute approximate surface area is 199 Å². The summed E-state index contributed by atoms with van der Waals surface area (Å²) in [6.07, 6.45) is 6.80. The van der Waals surface area contributed by atoms with Crippen LogP contribution in [0, 0.1) is 10.5 Å². The molecule has 5 aromatic rings. The summed E-state index contributed by atoms with van der Waals surface area (Å²) in [7, 11) is -3.78. The second-order valence-corrected chi connectivity index (χ2v) is 10.4. The van der Waals surface area contributed by atoms with Crippen molar-refractivity contribution in [3.8, 4) is 11.3 Å². The summed E-state index contributed by atoms with van der Waals surface area (Å²) in [6.45, 7) is 2.57. The van der Waals surface area contributed by atoms with Gasteiger partial charge in [-0.2, -0.15) is 5.10 Å². The second-order valence-electron chi connectivity index (χ2n) is 7.43. The normalized spacial score (nSPS) is 11.8. The third kappa shape index (κ3) is 3.82. The first kappa shape index (κ1) is 20.8. The van der Waals surface area contributed by atoms with Crippen molar-refractivity contribution in [1.82, 2.24) is 23.7 Å². The van der Waals surface area contributed by atoms with Gasteiger partial charge in [-0.3, -0.25) is 4.68 Å². The lowest BCUT2D eigenvalue weighted by Crippen LogP contribution is -2.12. The maximum absolute atomic E-state index is 13.2. The number of hydrogen-bond donors (Lipinski definition) is 0. The third-order valence-electron chi connectivity index (χ3n) is 5.11. The molecule has 0 bridgehead atoms. The van der Waals surface area contributed by atoms with Gasteiger partial charge in [-0.15, -0.1) is 0 Å². The van der Waals surface area contributed by atoms with Crippen LogP contribution in [-0.2, 0) is 16.6 Å². The molecule has 0 amide bonds. The first-order valence-corrected chi connectivity index (χ1v) is 12.4. The van der Waals surface area contributed by atoms with Crippen molar-refractivity contribution >= 4 is 43.8 Å². The molecule has 0 atom stereocenters. The van der Waals surface area contributed by atoms with Crippen LogP contribution in [0.5, 0.6) is 0 Å². The highest BCUT2D eigenvalue weighted by atomic mass is 127. The van der Waals surface area contributed by atoms with Gasteiger partial charge in [0.1, 0.15) is 5.52 Å². The zero-order chi connectivity index (χ0) is 22.3. The van der Waals surface area contributed by atoms with Crippen molar-refractivity contribution in [2.24, 2.45) is 0 Å². The molecule has 0 unspecified atom stereocenters. The molecule has 2 aromatic carbocycles. The van der Waals surface area contributed by atoms with E-state index in [0.29, 0.717) is 27.0 Å². The lowest BCUT2D eigenvalue weighted by Gasteiger charge is -2.07. The fourth-order valence-electron chi connectivity index (χ4n) is 3.43. The quantitative estimate of drug-likeness (QED) is 0.299. The summed E-state index contributed by atoms with van der Waals surface area (Å²) < 4.78 is 30.1. The summed E-state index contributed by atoms with van der Waals surface area (Å²) >= 11 is 2.09. The van der Waals surface area contributed by atoms with Gasteiger partial charge in [0.25, 0.3) is 10.0 Å². The number of aromatic nitrogens is 5. The third-order valence-corrected chi connectivity index (χ3v) is 7.57. The molecule has 32 heavy (non-hydrogen) atoms. The number of fused-ring (bicyclic) bond motifs is 1. The van der Waals surface area contributed by atoms with E-state index < -0.39 is 10.0 Å². The lowest BCUT2D eigenvalue weighted by molar-refractivity contribution is 0.588. The molecule has 0 saturated carbocycles. The van der Waals surface area contributed by atoms with E-state index in [2.05, 4.69) is 32.7 Å². The molecule has 0 aliphatic heterocycles. The zero-order valence-electron chi connectivity index (χ0n) is 17.1. The van der Waals surface area contributed by atoms with Crippen molar-refractivity contribution in [2.75, 3.05) is 0 Å². The van der Waals surface area contributed by atoms with Crippen molar-refractivity contribution in [3.05, 3.63) is 94.1 Å². The highest BCUT2D eigenvalue weighted by Gasteiger charge is 2.23. The summed E-state index contributed by atoms with van der Waals surface area (Å²) in [5.74, 6) is 0. The van der Waals surface area contributed by atoms with Gasteiger partial charge < -0.3 is 0 Å². The van der Waals surface area contributed by atoms with Crippen LogP contribution in [0.15, 0.2) is 84.3 Å². The van der Waals surface area contributed by atoms with Crippen molar-refractivity contribution in [3.63, 3.8) is 0 Å². The Morgan fingerprint density at radius 3 is 2.47 bits per heavy atom. The summed E-state index contributed by atoms with van der Waals surface area (Å²) in [5.41, 5.74) is 4.44. The highest BCUT2D eigenvalue weighted by Crippen LogP contribution is 2.27. The van der Waals surface area contributed by atoms with Gasteiger partial charge in [-0.25, -0.2) is 22.4 Å². The fourth-order valence-corrected chi connectivity index (χ4v) is 5.57. The number of aryl methyl sites for hydroxylation is 1. The molecule has 7 nitrogen and oxygen atoms in total. The van der Waals surface area contributed by atoms with Crippen LogP contribution in [0.1, 0.15) is 11.1 Å². The number of halogens is 1. The molecule has 160 valence electrons. The fraction of sp³-hybridized carbons (Fsp3) is 0.0870. The molecular formula is C23H18IN5O2S. The maximum atomic E-state index is 13.2. The molecule has 0 saturated heterocycles. The Kier molecular flexibility index (Phi) is 5.30. The van der Waals surface area contributed by atoms with Gasteiger partial charge >= 0.3 is 0 Å². The number of benzene rings is 2. The summed E-state index contributed by atoms with van der Waals surface area (Å²) in [4.78, 5) is 9.37. The monoisotopic (exact) mass is 555 g/mol. The molecule has 0 N–H and O–H groups in total. The SMILES string of the molecule is Cc1ccc(S(=O)(=O)n2cc(I)c3nc(-c4cnn(Cc5ccccc5)c4)cnc32)cc1. The van der Waals surface area contributed by atoms with Crippen LogP contribution in [0.4, 0.5) is 0 Å². The van der Waals surface area contributed by atoms with Crippen molar-refractivity contribution in [1.29, 1.82) is 0 Å². The predicted octanol–water partition coefficient (Wildman–Crippen LogP) is 4.49. The van der Waals surface area contributed by atoms with Gasteiger partial charge in [0.15, 0.2) is 5.65 Å². The van der Waals surface area contributed by atoms with Gasteiger partial charge in [0, 0.05) is 18.0 Å². The van der Waals surface area contributed by atoms with E-state index >= 15 is 0 Å². The first-order valence-electron chi connectivity index (χ1n) is 9.84. The Hall–Kier alpha value is -3.05. The van der Waals surface area contributed by atoms with Crippen LogP contribution >= 0.6 is 22.6 Å². The minimum absolute atomic E-state index is 0.212. The van der Waals surface area contributed by atoms with E-state index in [-0.39, 0.29) is 4.90 Å². The van der Waals surface area contributed by atoms with Gasteiger partial charge in [0.05, 0.1) is 33.1 Å². The van der Waals surface area contributed by atoms with Crippen molar-refractivity contribution in [2.45, 2.75) is 18.4 Å². The van der Waals surface area contributed by atoms with E-state index in [1.54, 1.807) is 42.9 Å². The number of hydrogen-bond acceptors (Lipinski definition) is 5. The van der Waals surface area contributed by atoms with Crippen LogP contribution in [-0.4, -0.2) is 32.1 Å². The topological polar surface area (TPSA) is 82.7 Å². The molecule has 0 aliphatic rings. The van der Waals surface area contributed by atoms with Crippen LogP contribution < -0.4 is 0 Å². The first-order chi connectivity index (χ1) is 15.4. The molecule has 3 aromatic heterocycles.